The summed E-state index contributed by atoms with van der Waals surface area (Å²) in [5, 5.41) is 7.22. The molecule has 0 saturated carbocycles. The standard InChI is InChI=1S/C22H25N5O/c1-14-12-17-21(15(2)20(14)16-4-6-24-7-5-16)19(27-10-8-25-9-11-27)13-18(26-17)22(28)23-3/h4-7,12-13,25H,8-11H2,1-3H3,(H,23,28). The lowest BCUT2D eigenvalue weighted by Gasteiger charge is -2.31. The smallest absolute Gasteiger partial charge is 0.269 e. The van der Waals surface area contributed by atoms with Crippen LogP contribution in [0.4, 0.5) is 5.69 Å². The molecule has 0 spiro atoms. The van der Waals surface area contributed by atoms with Crippen LogP contribution in [0, 0.1) is 13.8 Å². The summed E-state index contributed by atoms with van der Waals surface area (Å²) in [6, 6.07) is 8.11. The number of nitrogens with one attached hydrogen (secondary N) is 2. The maximum atomic E-state index is 12.3. The van der Waals surface area contributed by atoms with Gasteiger partial charge in [-0.1, -0.05) is 0 Å². The third-order valence-corrected chi connectivity index (χ3v) is 5.41. The number of nitrogens with zero attached hydrogens (tertiary/aromatic N) is 3. The Morgan fingerprint density at radius 3 is 2.54 bits per heavy atom. The minimum absolute atomic E-state index is 0.160. The van der Waals surface area contributed by atoms with Gasteiger partial charge in [0.25, 0.3) is 5.91 Å². The molecule has 0 unspecified atom stereocenters. The number of hydrogen-bond acceptors (Lipinski definition) is 5. The topological polar surface area (TPSA) is 70.2 Å². The van der Waals surface area contributed by atoms with Crippen LogP contribution >= 0.6 is 0 Å². The molecule has 0 atom stereocenters. The number of carbonyl (C=O) groups is 1. The monoisotopic (exact) mass is 375 g/mol. The predicted molar refractivity (Wildman–Crippen MR) is 113 cm³/mol. The number of aromatic nitrogens is 2. The molecule has 2 aromatic heterocycles. The molecule has 1 amide bonds. The molecular weight excluding hydrogens is 350 g/mol. The summed E-state index contributed by atoms with van der Waals surface area (Å²) in [5.74, 6) is -0.160. The van der Waals surface area contributed by atoms with Gasteiger partial charge in [-0.2, -0.15) is 0 Å². The van der Waals surface area contributed by atoms with Crippen molar-refractivity contribution in [2.45, 2.75) is 13.8 Å². The van der Waals surface area contributed by atoms with Gasteiger partial charge in [0, 0.05) is 56.7 Å². The van der Waals surface area contributed by atoms with Crippen LogP contribution in [0.2, 0.25) is 0 Å². The molecule has 3 heterocycles. The summed E-state index contributed by atoms with van der Waals surface area (Å²) in [6.07, 6.45) is 3.64. The fourth-order valence-corrected chi connectivity index (χ4v) is 4.10. The fourth-order valence-electron chi connectivity index (χ4n) is 4.10. The molecule has 28 heavy (non-hydrogen) atoms. The molecule has 1 aromatic carbocycles. The van der Waals surface area contributed by atoms with Crippen molar-refractivity contribution < 1.29 is 4.79 Å². The van der Waals surface area contributed by atoms with Gasteiger partial charge in [-0.05, 0) is 60.4 Å². The minimum atomic E-state index is -0.160. The lowest BCUT2D eigenvalue weighted by atomic mass is 9.92. The van der Waals surface area contributed by atoms with Crippen LogP contribution in [0.15, 0.2) is 36.7 Å². The van der Waals surface area contributed by atoms with Crippen molar-refractivity contribution in [3.05, 3.63) is 53.5 Å². The van der Waals surface area contributed by atoms with Gasteiger partial charge < -0.3 is 15.5 Å². The molecule has 1 fully saturated rings. The molecule has 6 heteroatoms. The second kappa shape index (κ2) is 7.56. The Morgan fingerprint density at radius 2 is 1.86 bits per heavy atom. The van der Waals surface area contributed by atoms with Crippen molar-refractivity contribution in [2.24, 2.45) is 0 Å². The first-order chi connectivity index (χ1) is 13.6. The number of anilines is 1. The Morgan fingerprint density at radius 1 is 1.14 bits per heavy atom. The summed E-state index contributed by atoms with van der Waals surface area (Å²) in [5.41, 5.74) is 7.09. The molecule has 0 radical (unpaired) electrons. The second-order valence-corrected chi connectivity index (χ2v) is 7.17. The van der Waals surface area contributed by atoms with E-state index in [2.05, 4.69) is 40.4 Å². The van der Waals surface area contributed by atoms with Crippen molar-refractivity contribution in [2.75, 3.05) is 38.1 Å². The maximum Gasteiger partial charge on any atom is 0.269 e. The average Bonchev–Trinajstić information content (AvgIpc) is 2.73. The highest BCUT2D eigenvalue weighted by molar-refractivity contribution is 6.03. The van der Waals surface area contributed by atoms with Crippen LogP contribution in [0.5, 0.6) is 0 Å². The summed E-state index contributed by atoms with van der Waals surface area (Å²) in [7, 11) is 1.64. The first kappa shape index (κ1) is 18.4. The van der Waals surface area contributed by atoms with Gasteiger partial charge >= 0.3 is 0 Å². The van der Waals surface area contributed by atoms with Crippen LogP contribution < -0.4 is 15.5 Å². The number of amides is 1. The molecule has 2 N–H and O–H groups in total. The zero-order valence-corrected chi connectivity index (χ0v) is 16.5. The fraction of sp³-hybridized carbons (Fsp3) is 0.318. The second-order valence-electron chi connectivity index (χ2n) is 7.17. The molecule has 4 rings (SSSR count). The van der Waals surface area contributed by atoms with Gasteiger partial charge in [0.15, 0.2) is 0 Å². The van der Waals surface area contributed by atoms with E-state index in [1.807, 2.05) is 30.6 Å². The summed E-state index contributed by atoms with van der Waals surface area (Å²) >= 11 is 0. The summed E-state index contributed by atoms with van der Waals surface area (Å²) in [6.45, 7) is 7.93. The van der Waals surface area contributed by atoms with Crippen molar-refractivity contribution >= 4 is 22.5 Å². The van der Waals surface area contributed by atoms with Crippen molar-refractivity contribution in [1.82, 2.24) is 20.6 Å². The number of benzene rings is 1. The molecule has 1 aliphatic heterocycles. The van der Waals surface area contributed by atoms with Crippen molar-refractivity contribution in [3.63, 3.8) is 0 Å². The van der Waals surface area contributed by atoms with Crippen LogP contribution in [0.3, 0.4) is 0 Å². The first-order valence-corrected chi connectivity index (χ1v) is 9.63. The number of fused-ring (bicyclic) bond motifs is 1. The SMILES string of the molecule is CNC(=O)c1cc(N2CCNCC2)c2c(C)c(-c3ccncc3)c(C)cc2n1. The van der Waals surface area contributed by atoms with E-state index in [4.69, 9.17) is 4.98 Å². The van der Waals surface area contributed by atoms with Gasteiger partial charge in [0.1, 0.15) is 5.69 Å². The zero-order valence-electron chi connectivity index (χ0n) is 16.5. The lowest BCUT2D eigenvalue weighted by molar-refractivity contribution is 0.0958. The van der Waals surface area contributed by atoms with E-state index in [0.29, 0.717) is 5.69 Å². The largest absolute Gasteiger partial charge is 0.368 e. The molecule has 1 aliphatic rings. The number of hydrogen-bond donors (Lipinski definition) is 2. The molecule has 0 aliphatic carbocycles. The Hall–Kier alpha value is -2.99. The van der Waals surface area contributed by atoms with Crippen molar-refractivity contribution in [3.8, 4) is 11.1 Å². The predicted octanol–water partition coefficient (Wildman–Crippen LogP) is 2.68. The number of piperazine rings is 1. The minimum Gasteiger partial charge on any atom is -0.368 e. The van der Waals surface area contributed by atoms with Gasteiger partial charge in [0.2, 0.25) is 0 Å². The van der Waals surface area contributed by atoms with Crippen LogP contribution in [-0.2, 0) is 0 Å². The normalized spacial score (nSPS) is 14.3. The Labute approximate surface area is 165 Å². The van der Waals surface area contributed by atoms with E-state index >= 15 is 0 Å². The Balaban J connectivity index is 2.01. The van der Waals surface area contributed by atoms with E-state index in [1.165, 1.54) is 11.1 Å². The molecule has 6 nitrogen and oxygen atoms in total. The van der Waals surface area contributed by atoms with E-state index in [1.54, 1.807) is 7.05 Å². The summed E-state index contributed by atoms with van der Waals surface area (Å²) < 4.78 is 0. The maximum absolute atomic E-state index is 12.3. The lowest BCUT2D eigenvalue weighted by Crippen LogP contribution is -2.43. The number of aryl methyl sites for hydroxylation is 2. The third kappa shape index (κ3) is 3.20. The van der Waals surface area contributed by atoms with Gasteiger partial charge in [-0.25, -0.2) is 4.98 Å². The van der Waals surface area contributed by atoms with E-state index < -0.39 is 0 Å². The number of rotatable bonds is 3. The molecule has 0 bridgehead atoms. The number of carbonyl (C=O) groups excluding carboxylic acids is 1. The van der Waals surface area contributed by atoms with E-state index in [9.17, 15) is 4.79 Å². The van der Waals surface area contributed by atoms with Gasteiger partial charge in [-0.15, -0.1) is 0 Å². The highest BCUT2D eigenvalue weighted by Gasteiger charge is 2.21. The van der Waals surface area contributed by atoms with Crippen molar-refractivity contribution in [1.29, 1.82) is 0 Å². The highest BCUT2D eigenvalue weighted by Crippen LogP contribution is 2.37. The van der Waals surface area contributed by atoms with Gasteiger partial charge in [-0.3, -0.25) is 9.78 Å². The van der Waals surface area contributed by atoms with Crippen LogP contribution in [-0.4, -0.2) is 49.1 Å². The molecule has 1 saturated heterocycles. The zero-order chi connectivity index (χ0) is 19.7. The van der Waals surface area contributed by atoms with E-state index in [-0.39, 0.29) is 5.91 Å². The van der Waals surface area contributed by atoms with E-state index in [0.717, 1.165) is 53.9 Å². The van der Waals surface area contributed by atoms with Crippen LogP contribution in [0.25, 0.3) is 22.0 Å². The Kier molecular flexibility index (Phi) is 4.96. The summed E-state index contributed by atoms with van der Waals surface area (Å²) in [4.78, 5) is 23.5. The van der Waals surface area contributed by atoms with Crippen LogP contribution in [0.1, 0.15) is 21.6 Å². The first-order valence-electron chi connectivity index (χ1n) is 9.63. The molecular formula is C22H25N5O. The number of pyridine rings is 2. The Bertz CT molecular complexity index is 1030. The molecule has 3 aromatic rings. The van der Waals surface area contributed by atoms with Gasteiger partial charge in [0.05, 0.1) is 5.52 Å². The molecule has 144 valence electrons. The third-order valence-electron chi connectivity index (χ3n) is 5.41. The quantitative estimate of drug-likeness (QED) is 0.737. The average molecular weight is 375 g/mol. The highest BCUT2D eigenvalue weighted by atomic mass is 16.1.